The van der Waals surface area contributed by atoms with Crippen molar-refractivity contribution in [2.24, 2.45) is 5.92 Å². The normalized spacial score (nSPS) is 30.1. The molecule has 2 aliphatic rings. The van der Waals surface area contributed by atoms with Gasteiger partial charge in [-0.15, -0.1) is 0 Å². The van der Waals surface area contributed by atoms with Gasteiger partial charge < -0.3 is 14.6 Å². The van der Waals surface area contributed by atoms with E-state index < -0.39 is 11.7 Å². The average molecular weight is 306 g/mol. The highest BCUT2D eigenvalue weighted by molar-refractivity contribution is 5.31. The standard InChI is InChI=1S/C16H19FN2O3/c1-10-18-8-14(13(19-10)9-21-2)22-16(7-15(16)20)11-4-3-5-12(17)6-11/h3-5,8,11,15,20H,6-7,9H2,1-2H3/t11?,15?,16-/m1/s1. The van der Waals surface area contributed by atoms with Gasteiger partial charge in [-0.05, 0) is 13.0 Å². The van der Waals surface area contributed by atoms with Crippen LogP contribution in [0.25, 0.3) is 0 Å². The Hall–Kier alpha value is -1.79. The van der Waals surface area contributed by atoms with Crippen LogP contribution in [0.3, 0.4) is 0 Å². The third kappa shape index (κ3) is 2.76. The van der Waals surface area contributed by atoms with E-state index in [0.29, 0.717) is 30.3 Å². The fourth-order valence-electron chi connectivity index (χ4n) is 2.84. The lowest BCUT2D eigenvalue weighted by Crippen LogP contribution is -2.33. The second-order valence-corrected chi connectivity index (χ2v) is 5.75. The van der Waals surface area contributed by atoms with Crippen molar-refractivity contribution in [3.63, 3.8) is 0 Å². The van der Waals surface area contributed by atoms with Crippen LogP contribution in [-0.4, -0.2) is 33.9 Å². The van der Waals surface area contributed by atoms with Gasteiger partial charge in [-0.25, -0.2) is 14.4 Å². The number of aryl methyl sites for hydroxylation is 1. The van der Waals surface area contributed by atoms with E-state index in [4.69, 9.17) is 9.47 Å². The summed E-state index contributed by atoms with van der Waals surface area (Å²) in [6.07, 6.45) is 6.65. The highest BCUT2D eigenvalue weighted by Crippen LogP contribution is 2.50. The summed E-state index contributed by atoms with van der Waals surface area (Å²) in [6, 6.07) is 0. The molecule has 2 aliphatic carbocycles. The first-order valence-electron chi connectivity index (χ1n) is 7.26. The summed E-state index contributed by atoms with van der Waals surface area (Å²) in [7, 11) is 1.58. The van der Waals surface area contributed by atoms with Crippen molar-refractivity contribution in [1.82, 2.24) is 9.97 Å². The molecule has 0 spiro atoms. The van der Waals surface area contributed by atoms with Crippen LogP contribution >= 0.6 is 0 Å². The molecule has 1 heterocycles. The topological polar surface area (TPSA) is 64.5 Å². The maximum absolute atomic E-state index is 13.5. The van der Waals surface area contributed by atoms with E-state index >= 15 is 0 Å². The summed E-state index contributed by atoms with van der Waals surface area (Å²) < 4.78 is 24.7. The van der Waals surface area contributed by atoms with E-state index in [1.165, 1.54) is 6.08 Å². The lowest BCUT2D eigenvalue weighted by molar-refractivity contribution is 0.0664. The molecule has 1 fully saturated rings. The number of allylic oxidation sites excluding steroid dienone is 3. The number of nitrogens with zero attached hydrogens (tertiary/aromatic N) is 2. The number of aromatic nitrogens is 2. The molecule has 1 aromatic heterocycles. The Bertz CT molecular complexity index is 632. The smallest absolute Gasteiger partial charge is 0.162 e. The Kier molecular flexibility index (Phi) is 3.97. The largest absolute Gasteiger partial charge is 0.480 e. The van der Waals surface area contributed by atoms with Gasteiger partial charge in [0.1, 0.15) is 22.9 Å². The number of aliphatic hydroxyl groups is 1. The fourth-order valence-corrected chi connectivity index (χ4v) is 2.84. The quantitative estimate of drug-likeness (QED) is 0.904. The van der Waals surface area contributed by atoms with E-state index in [1.54, 1.807) is 26.3 Å². The number of methoxy groups -OCH3 is 1. The van der Waals surface area contributed by atoms with Crippen LogP contribution in [-0.2, 0) is 11.3 Å². The molecular formula is C16H19FN2O3. The van der Waals surface area contributed by atoms with Crippen molar-refractivity contribution in [2.75, 3.05) is 7.11 Å². The minimum absolute atomic E-state index is 0.202. The van der Waals surface area contributed by atoms with Crippen LogP contribution in [0.5, 0.6) is 5.75 Å². The summed E-state index contributed by atoms with van der Waals surface area (Å²) in [5.41, 5.74) is -0.173. The first-order valence-corrected chi connectivity index (χ1v) is 7.26. The first-order chi connectivity index (χ1) is 10.5. The molecule has 2 unspecified atom stereocenters. The summed E-state index contributed by atoms with van der Waals surface area (Å²) in [5.74, 6) is 0.694. The van der Waals surface area contributed by atoms with Crippen molar-refractivity contribution in [3.8, 4) is 5.75 Å². The van der Waals surface area contributed by atoms with E-state index in [0.717, 1.165) is 0 Å². The first kappa shape index (κ1) is 15.1. The lowest BCUT2D eigenvalue weighted by atomic mass is 9.91. The summed E-state index contributed by atoms with van der Waals surface area (Å²) in [4.78, 5) is 8.46. The Balaban J connectivity index is 1.85. The molecule has 0 amide bonds. The highest BCUT2D eigenvalue weighted by Gasteiger charge is 2.61. The molecule has 0 saturated heterocycles. The lowest BCUT2D eigenvalue weighted by Gasteiger charge is -2.27. The number of rotatable bonds is 5. The van der Waals surface area contributed by atoms with Gasteiger partial charge in [-0.2, -0.15) is 0 Å². The Labute approximate surface area is 128 Å². The van der Waals surface area contributed by atoms with Crippen LogP contribution in [0.15, 0.2) is 30.3 Å². The third-order valence-corrected chi connectivity index (χ3v) is 4.11. The molecular weight excluding hydrogens is 287 g/mol. The molecule has 0 radical (unpaired) electrons. The van der Waals surface area contributed by atoms with Gasteiger partial charge in [0.25, 0.3) is 0 Å². The molecule has 0 aliphatic heterocycles. The second kappa shape index (κ2) is 5.78. The van der Waals surface area contributed by atoms with Crippen molar-refractivity contribution in [2.45, 2.75) is 38.1 Å². The molecule has 1 saturated carbocycles. The van der Waals surface area contributed by atoms with Gasteiger partial charge in [0, 0.05) is 25.9 Å². The number of halogens is 1. The van der Waals surface area contributed by atoms with E-state index in [1.807, 2.05) is 6.08 Å². The zero-order chi connectivity index (χ0) is 15.7. The van der Waals surface area contributed by atoms with Crippen LogP contribution in [0.2, 0.25) is 0 Å². The molecule has 0 bridgehead atoms. The molecule has 3 rings (SSSR count). The van der Waals surface area contributed by atoms with E-state index in [9.17, 15) is 9.50 Å². The molecule has 5 nitrogen and oxygen atoms in total. The molecule has 22 heavy (non-hydrogen) atoms. The van der Waals surface area contributed by atoms with Gasteiger partial charge >= 0.3 is 0 Å². The monoisotopic (exact) mass is 306 g/mol. The maximum Gasteiger partial charge on any atom is 0.162 e. The average Bonchev–Trinajstić information content (AvgIpc) is 3.14. The van der Waals surface area contributed by atoms with Gasteiger partial charge in [0.05, 0.1) is 18.9 Å². The fraction of sp³-hybridized carbons (Fsp3) is 0.500. The van der Waals surface area contributed by atoms with Gasteiger partial charge in [0.2, 0.25) is 0 Å². The van der Waals surface area contributed by atoms with Crippen molar-refractivity contribution in [1.29, 1.82) is 0 Å². The Morgan fingerprint density at radius 1 is 1.50 bits per heavy atom. The Morgan fingerprint density at radius 2 is 2.27 bits per heavy atom. The van der Waals surface area contributed by atoms with Crippen molar-refractivity contribution < 1.29 is 19.0 Å². The maximum atomic E-state index is 13.5. The van der Waals surface area contributed by atoms with Gasteiger partial charge in [-0.1, -0.05) is 12.2 Å². The number of hydrogen-bond donors (Lipinski definition) is 1. The van der Waals surface area contributed by atoms with Crippen LogP contribution in [0.4, 0.5) is 4.39 Å². The van der Waals surface area contributed by atoms with E-state index in [2.05, 4.69) is 9.97 Å². The van der Waals surface area contributed by atoms with E-state index in [-0.39, 0.29) is 18.2 Å². The van der Waals surface area contributed by atoms with Gasteiger partial charge in [-0.3, -0.25) is 0 Å². The molecule has 6 heteroatoms. The zero-order valence-corrected chi connectivity index (χ0v) is 12.6. The third-order valence-electron chi connectivity index (χ3n) is 4.11. The minimum atomic E-state index is -0.802. The molecule has 3 atom stereocenters. The second-order valence-electron chi connectivity index (χ2n) is 5.75. The summed E-state index contributed by atoms with van der Waals surface area (Å²) in [6.45, 7) is 2.08. The highest BCUT2D eigenvalue weighted by atomic mass is 19.1. The summed E-state index contributed by atoms with van der Waals surface area (Å²) >= 11 is 0. The summed E-state index contributed by atoms with van der Waals surface area (Å²) in [5, 5.41) is 10.1. The van der Waals surface area contributed by atoms with Crippen molar-refractivity contribution >= 4 is 0 Å². The SMILES string of the molecule is COCc1nc(C)ncc1O[C@@]1(C2C=CC=C(F)C2)CC1O. The molecule has 0 aromatic carbocycles. The predicted octanol–water partition coefficient (Wildman–Crippen LogP) is 2.24. The zero-order valence-electron chi connectivity index (χ0n) is 12.6. The molecule has 118 valence electrons. The molecule has 1 aromatic rings. The van der Waals surface area contributed by atoms with Crippen LogP contribution in [0.1, 0.15) is 24.4 Å². The number of ether oxygens (including phenoxy) is 2. The predicted molar refractivity (Wildman–Crippen MR) is 77.9 cm³/mol. The Morgan fingerprint density at radius 3 is 2.91 bits per heavy atom. The van der Waals surface area contributed by atoms with Crippen LogP contribution < -0.4 is 4.74 Å². The number of hydrogen-bond acceptors (Lipinski definition) is 5. The van der Waals surface area contributed by atoms with Gasteiger partial charge in [0.15, 0.2) is 5.75 Å². The number of aliphatic hydroxyl groups excluding tert-OH is 1. The van der Waals surface area contributed by atoms with Crippen molar-refractivity contribution in [3.05, 3.63) is 41.8 Å². The minimum Gasteiger partial charge on any atom is -0.480 e. The molecule has 1 N–H and O–H groups in total. The van der Waals surface area contributed by atoms with Crippen LogP contribution in [0, 0.1) is 12.8 Å².